The summed E-state index contributed by atoms with van der Waals surface area (Å²) < 4.78 is 38.9. The zero-order chi connectivity index (χ0) is 21.0. The number of alkyl halides is 3. The molecule has 156 valence electrons. The highest BCUT2D eigenvalue weighted by atomic mass is 32.1. The van der Waals surface area contributed by atoms with E-state index in [-0.39, 0.29) is 12.0 Å². The monoisotopic (exact) mass is 423 g/mol. The van der Waals surface area contributed by atoms with Crippen LogP contribution >= 0.6 is 11.3 Å². The molecule has 0 aliphatic carbocycles. The molecule has 0 aliphatic heterocycles. The van der Waals surface area contributed by atoms with Crippen molar-refractivity contribution >= 4 is 33.3 Å². The lowest BCUT2D eigenvalue weighted by Crippen LogP contribution is -2.23. The van der Waals surface area contributed by atoms with Gasteiger partial charge in [-0.15, -0.1) is 11.3 Å². The second-order valence-electron chi connectivity index (χ2n) is 7.00. The normalized spacial score (nSPS) is 12.9. The van der Waals surface area contributed by atoms with Crippen LogP contribution in [0, 0.1) is 6.92 Å². The van der Waals surface area contributed by atoms with Crippen molar-refractivity contribution in [3.05, 3.63) is 30.0 Å². The second kappa shape index (κ2) is 8.94. The summed E-state index contributed by atoms with van der Waals surface area (Å²) in [5, 5.41) is 6.39. The smallest absolute Gasteiger partial charge is 0.367 e. The molecular weight excluding hydrogens is 399 g/mol. The van der Waals surface area contributed by atoms with E-state index in [9.17, 15) is 13.2 Å². The van der Waals surface area contributed by atoms with Gasteiger partial charge in [0.25, 0.3) is 0 Å². The number of rotatable bonds is 8. The first-order chi connectivity index (χ1) is 13.8. The number of fused-ring (bicyclic) bond motifs is 1. The molecule has 0 bridgehead atoms. The highest BCUT2D eigenvalue weighted by molar-refractivity contribution is 7.21. The summed E-state index contributed by atoms with van der Waals surface area (Å²) >= 11 is 1.52. The highest BCUT2D eigenvalue weighted by Gasteiger charge is 2.28. The Labute approximate surface area is 171 Å². The molecule has 0 radical (unpaired) electrons. The molecule has 9 heteroatoms. The number of aromatic nitrogens is 3. The summed E-state index contributed by atoms with van der Waals surface area (Å²) in [5.41, 5.74) is 2.18. The van der Waals surface area contributed by atoms with Crippen LogP contribution in [0.2, 0.25) is 0 Å². The molecule has 2 N–H and O–H groups in total. The van der Waals surface area contributed by atoms with Gasteiger partial charge in [-0.05, 0) is 32.4 Å². The summed E-state index contributed by atoms with van der Waals surface area (Å²) in [7, 11) is 0. The molecule has 3 aromatic rings. The second-order valence-corrected chi connectivity index (χ2v) is 8.03. The molecule has 0 aliphatic rings. The number of halogens is 3. The van der Waals surface area contributed by atoms with Crippen LogP contribution in [0.25, 0.3) is 20.8 Å². The average Bonchev–Trinajstić information content (AvgIpc) is 3.07. The van der Waals surface area contributed by atoms with E-state index in [4.69, 9.17) is 0 Å². The maximum Gasteiger partial charge on any atom is 0.405 e. The fourth-order valence-corrected chi connectivity index (χ4v) is 4.05. The molecule has 2 heterocycles. The maximum atomic E-state index is 12.6. The van der Waals surface area contributed by atoms with Crippen molar-refractivity contribution in [2.75, 3.05) is 17.2 Å². The highest BCUT2D eigenvalue weighted by Crippen LogP contribution is 2.36. The van der Waals surface area contributed by atoms with E-state index in [1.54, 1.807) is 6.92 Å². The molecule has 2 aromatic heterocycles. The molecule has 5 nitrogen and oxygen atoms in total. The topological polar surface area (TPSA) is 62.7 Å². The lowest BCUT2D eigenvalue weighted by atomic mass is 10.1. The molecule has 0 spiro atoms. The number of nitrogens with one attached hydrogen (secondary N) is 2. The number of para-hydroxylation sites is 1. The number of nitrogens with zero attached hydrogens (tertiary/aromatic N) is 3. The van der Waals surface area contributed by atoms with Gasteiger partial charge in [-0.1, -0.05) is 31.9 Å². The van der Waals surface area contributed by atoms with E-state index in [1.807, 2.05) is 31.2 Å². The third kappa shape index (κ3) is 5.56. The predicted octanol–water partition coefficient (Wildman–Crippen LogP) is 6.03. The van der Waals surface area contributed by atoms with Crippen LogP contribution in [0.15, 0.2) is 24.3 Å². The Balaban J connectivity index is 2.00. The van der Waals surface area contributed by atoms with E-state index in [0.29, 0.717) is 11.5 Å². The fraction of sp³-hybridized carbons (Fsp3) is 0.450. The first-order valence-electron chi connectivity index (χ1n) is 9.58. The SMILES string of the molecule is CCCCC(C)Nc1nc(NCC(F)(F)F)nc(C)c1-c1nc2ccccc2s1. The molecular formula is C20H24F3N5S. The standard InChI is InChI=1S/C20H24F3N5S/c1-4-5-8-12(2)25-17-16(18-27-14-9-6-7-10-15(14)29-18)13(3)26-19(28-17)24-11-20(21,22)23/h6-7,9-10,12H,4-5,8,11H2,1-3H3,(H2,24,25,26,28). The predicted molar refractivity (Wildman–Crippen MR) is 113 cm³/mol. The van der Waals surface area contributed by atoms with Gasteiger partial charge in [0.1, 0.15) is 17.4 Å². The van der Waals surface area contributed by atoms with Gasteiger partial charge >= 0.3 is 6.18 Å². The number of unbranched alkanes of at least 4 members (excludes halogenated alkanes) is 1. The van der Waals surface area contributed by atoms with Crippen molar-refractivity contribution in [1.29, 1.82) is 0 Å². The van der Waals surface area contributed by atoms with Crippen LogP contribution in [0.4, 0.5) is 24.9 Å². The first kappa shape index (κ1) is 21.3. The van der Waals surface area contributed by atoms with Gasteiger partial charge in [-0.2, -0.15) is 18.2 Å². The van der Waals surface area contributed by atoms with Crippen molar-refractivity contribution in [2.45, 2.75) is 52.3 Å². The molecule has 0 saturated carbocycles. The van der Waals surface area contributed by atoms with E-state index in [1.165, 1.54) is 11.3 Å². The quantitative estimate of drug-likeness (QED) is 0.463. The summed E-state index contributed by atoms with van der Waals surface area (Å²) in [6, 6.07) is 7.91. The van der Waals surface area contributed by atoms with E-state index in [2.05, 4.69) is 32.5 Å². The molecule has 0 amide bonds. The molecule has 1 atom stereocenters. The number of aryl methyl sites for hydroxylation is 1. The molecule has 0 fully saturated rings. The average molecular weight is 424 g/mol. The Morgan fingerprint density at radius 2 is 1.90 bits per heavy atom. The van der Waals surface area contributed by atoms with Crippen molar-refractivity contribution < 1.29 is 13.2 Å². The lowest BCUT2D eigenvalue weighted by Gasteiger charge is -2.19. The van der Waals surface area contributed by atoms with Crippen molar-refractivity contribution in [2.24, 2.45) is 0 Å². The zero-order valence-corrected chi connectivity index (χ0v) is 17.4. The van der Waals surface area contributed by atoms with Gasteiger partial charge in [-0.25, -0.2) is 9.97 Å². The van der Waals surface area contributed by atoms with Crippen molar-refractivity contribution in [3.63, 3.8) is 0 Å². The Morgan fingerprint density at radius 1 is 1.14 bits per heavy atom. The van der Waals surface area contributed by atoms with Gasteiger partial charge in [0, 0.05) is 6.04 Å². The maximum absolute atomic E-state index is 12.6. The minimum atomic E-state index is -4.34. The van der Waals surface area contributed by atoms with Gasteiger partial charge in [0.2, 0.25) is 5.95 Å². The summed E-state index contributed by atoms with van der Waals surface area (Å²) in [4.78, 5) is 13.3. The Hall–Kier alpha value is -2.42. The van der Waals surface area contributed by atoms with Gasteiger partial charge < -0.3 is 10.6 Å². The third-order valence-corrected chi connectivity index (χ3v) is 5.47. The van der Waals surface area contributed by atoms with Crippen molar-refractivity contribution in [3.8, 4) is 10.6 Å². The molecule has 3 rings (SSSR count). The largest absolute Gasteiger partial charge is 0.405 e. The third-order valence-electron chi connectivity index (χ3n) is 4.42. The van der Waals surface area contributed by atoms with Crippen LogP contribution in [0.1, 0.15) is 38.8 Å². The number of hydrogen-bond donors (Lipinski definition) is 2. The van der Waals surface area contributed by atoms with Crippen LogP contribution in [-0.4, -0.2) is 33.7 Å². The van der Waals surface area contributed by atoms with Crippen LogP contribution in [-0.2, 0) is 0 Å². The summed E-state index contributed by atoms with van der Waals surface area (Å²) in [6.07, 6.45) is -1.29. The Bertz CT molecular complexity index is 937. The number of benzene rings is 1. The van der Waals surface area contributed by atoms with Gasteiger partial charge in [0.15, 0.2) is 0 Å². The van der Waals surface area contributed by atoms with E-state index in [0.717, 1.165) is 40.1 Å². The molecule has 1 unspecified atom stereocenters. The van der Waals surface area contributed by atoms with Gasteiger partial charge in [0.05, 0.1) is 21.5 Å². The van der Waals surface area contributed by atoms with Gasteiger partial charge in [-0.3, -0.25) is 0 Å². The molecule has 29 heavy (non-hydrogen) atoms. The Morgan fingerprint density at radius 3 is 2.59 bits per heavy atom. The summed E-state index contributed by atoms with van der Waals surface area (Å²) in [6.45, 7) is 4.74. The van der Waals surface area contributed by atoms with E-state index < -0.39 is 12.7 Å². The molecule has 0 saturated heterocycles. The number of anilines is 2. The number of thiazole rings is 1. The minimum Gasteiger partial charge on any atom is -0.367 e. The van der Waals surface area contributed by atoms with Crippen LogP contribution in [0.3, 0.4) is 0 Å². The van der Waals surface area contributed by atoms with Crippen molar-refractivity contribution in [1.82, 2.24) is 15.0 Å². The Kier molecular flexibility index (Phi) is 6.56. The summed E-state index contributed by atoms with van der Waals surface area (Å²) in [5.74, 6) is 0.458. The van der Waals surface area contributed by atoms with Crippen LogP contribution < -0.4 is 10.6 Å². The zero-order valence-electron chi connectivity index (χ0n) is 16.6. The van der Waals surface area contributed by atoms with E-state index >= 15 is 0 Å². The molecule has 1 aromatic carbocycles. The fourth-order valence-electron chi connectivity index (χ4n) is 2.99. The minimum absolute atomic E-state index is 0.0464. The van der Waals surface area contributed by atoms with Crippen LogP contribution in [0.5, 0.6) is 0 Å². The lowest BCUT2D eigenvalue weighted by molar-refractivity contribution is -0.115. The number of hydrogen-bond acceptors (Lipinski definition) is 6. The first-order valence-corrected chi connectivity index (χ1v) is 10.4.